The Kier molecular flexibility index (Phi) is 5.96. The molecule has 0 bridgehead atoms. The van der Waals surface area contributed by atoms with Crippen LogP contribution in [-0.2, 0) is 9.59 Å². The highest BCUT2D eigenvalue weighted by atomic mass is 32.2. The number of aliphatic carboxylic acids is 1. The lowest BCUT2D eigenvalue weighted by molar-refractivity contribution is -0.311. The number of benzene rings is 1. The summed E-state index contributed by atoms with van der Waals surface area (Å²) in [6.45, 7) is 5.34. The molecule has 1 heterocycles. The van der Waals surface area contributed by atoms with Gasteiger partial charge in [-0.3, -0.25) is 9.69 Å². The molecule has 24 heavy (non-hydrogen) atoms. The van der Waals surface area contributed by atoms with Gasteiger partial charge in [0.25, 0.3) is 5.91 Å². The third kappa shape index (κ3) is 4.13. The van der Waals surface area contributed by atoms with Crippen molar-refractivity contribution in [2.75, 3.05) is 0 Å². The number of carboxylic acids is 1. The molecule has 0 N–H and O–H groups in total. The highest BCUT2D eigenvalue weighted by Crippen LogP contribution is 2.34. The number of hydrogen-bond donors (Lipinski definition) is 0. The van der Waals surface area contributed by atoms with E-state index in [4.69, 9.17) is 12.2 Å². The van der Waals surface area contributed by atoms with Crippen molar-refractivity contribution in [2.45, 2.75) is 26.8 Å². The molecule has 4 nitrogen and oxygen atoms in total. The highest BCUT2D eigenvalue weighted by molar-refractivity contribution is 8.26. The zero-order chi connectivity index (χ0) is 17.9. The maximum atomic E-state index is 12.6. The molecule has 0 radical (unpaired) electrons. The van der Waals surface area contributed by atoms with Crippen LogP contribution >= 0.6 is 24.0 Å². The molecule has 1 saturated heterocycles. The summed E-state index contributed by atoms with van der Waals surface area (Å²) in [7, 11) is 0. The zero-order valence-corrected chi connectivity index (χ0v) is 15.3. The molecule has 1 fully saturated rings. The second-order valence-corrected chi connectivity index (χ2v) is 7.53. The van der Waals surface area contributed by atoms with E-state index in [1.807, 2.05) is 43.3 Å². The molecule has 1 aromatic carbocycles. The van der Waals surface area contributed by atoms with Crippen molar-refractivity contribution in [3.8, 4) is 0 Å². The van der Waals surface area contributed by atoms with Gasteiger partial charge in [-0.25, -0.2) is 0 Å². The van der Waals surface area contributed by atoms with Crippen molar-refractivity contribution >= 4 is 46.3 Å². The van der Waals surface area contributed by atoms with Gasteiger partial charge < -0.3 is 9.90 Å². The molecule has 2 rings (SSSR count). The molecule has 0 unspecified atom stereocenters. The number of thioether (sulfide) groups is 1. The number of thiocarbonyl (C=S) groups is 1. The standard InChI is InChI=1S/C18H19NO3S2/c1-11(2)15(17(21)22)19-16(20)14(24-18(19)23)10-12(3)9-13-7-5-4-6-8-13/h4-11,15H,1-3H3,(H,21,22)/p-1/t15-/m1/s1. The topological polar surface area (TPSA) is 60.4 Å². The predicted octanol–water partition coefficient (Wildman–Crippen LogP) is 2.61. The Labute approximate surface area is 151 Å². The average Bonchev–Trinajstić information content (AvgIpc) is 2.75. The van der Waals surface area contributed by atoms with Gasteiger partial charge in [0.15, 0.2) is 0 Å². The van der Waals surface area contributed by atoms with Crippen molar-refractivity contribution in [1.82, 2.24) is 4.90 Å². The molecule has 1 atom stereocenters. The van der Waals surface area contributed by atoms with Crippen LogP contribution in [0.4, 0.5) is 0 Å². The first kappa shape index (κ1) is 18.4. The molecule has 1 aliphatic rings. The van der Waals surface area contributed by atoms with Gasteiger partial charge in [0.2, 0.25) is 0 Å². The minimum atomic E-state index is -1.29. The average molecular weight is 360 g/mol. The summed E-state index contributed by atoms with van der Waals surface area (Å²) in [6, 6.07) is 8.68. The van der Waals surface area contributed by atoms with Crippen molar-refractivity contribution in [3.63, 3.8) is 0 Å². The van der Waals surface area contributed by atoms with Crippen molar-refractivity contribution in [1.29, 1.82) is 0 Å². The molecule has 0 aromatic heterocycles. The molecule has 0 saturated carbocycles. The van der Waals surface area contributed by atoms with E-state index in [9.17, 15) is 14.7 Å². The molecular weight excluding hydrogens is 342 g/mol. The van der Waals surface area contributed by atoms with E-state index in [-0.39, 0.29) is 16.1 Å². The maximum Gasteiger partial charge on any atom is 0.266 e. The van der Waals surface area contributed by atoms with Gasteiger partial charge in [0.1, 0.15) is 4.32 Å². The minimum Gasteiger partial charge on any atom is -0.548 e. The number of hydrogen-bond acceptors (Lipinski definition) is 5. The fraction of sp³-hybridized carbons (Fsp3) is 0.278. The van der Waals surface area contributed by atoms with E-state index >= 15 is 0 Å². The first-order valence-corrected chi connectivity index (χ1v) is 8.75. The van der Waals surface area contributed by atoms with Crippen LogP contribution in [0.5, 0.6) is 0 Å². The van der Waals surface area contributed by atoms with Gasteiger partial charge >= 0.3 is 0 Å². The predicted molar refractivity (Wildman–Crippen MR) is 98.8 cm³/mol. The molecule has 1 aromatic rings. The lowest BCUT2D eigenvalue weighted by atomic mass is 10.0. The highest BCUT2D eigenvalue weighted by Gasteiger charge is 2.38. The van der Waals surface area contributed by atoms with E-state index in [0.717, 1.165) is 27.8 Å². The fourth-order valence-corrected chi connectivity index (χ4v) is 3.84. The molecule has 6 heteroatoms. The number of amides is 1. The van der Waals surface area contributed by atoms with E-state index < -0.39 is 12.0 Å². The summed E-state index contributed by atoms with van der Waals surface area (Å²) >= 11 is 6.33. The second kappa shape index (κ2) is 7.77. The second-order valence-electron chi connectivity index (χ2n) is 5.86. The first-order chi connectivity index (χ1) is 11.3. The largest absolute Gasteiger partial charge is 0.548 e. The molecule has 1 amide bonds. The van der Waals surface area contributed by atoms with Gasteiger partial charge in [0.05, 0.1) is 16.9 Å². The van der Waals surface area contributed by atoms with E-state index in [1.165, 1.54) is 0 Å². The number of carbonyl (C=O) groups excluding carboxylic acids is 2. The van der Waals surface area contributed by atoms with Crippen molar-refractivity contribution in [3.05, 3.63) is 52.4 Å². The fourth-order valence-electron chi connectivity index (χ4n) is 2.46. The molecule has 0 aliphatic carbocycles. The van der Waals surface area contributed by atoms with Gasteiger partial charge in [-0.1, -0.05) is 74.2 Å². The third-order valence-corrected chi connectivity index (χ3v) is 4.86. The van der Waals surface area contributed by atoms with Gasteiger partial charge in [-0.05, 0) is 30.1 Å². The number of rotatable bonds is 5. The normalized spacial score (nSPS) is 18.6. The number of nitrogens with zero attached hydrogens (tertiary/aromatic N) is 1. The van der Waals surface area contributed by atoms with Gasteiger partial charge in [-0.15, -0.1) is 0 Å². The number of allylic oxidation sites excluding steroid dienone is 2. The van der Waals surface area contributed by atoms with Gasteiger partial charge in [-0.2, -0.15) is 0 Å². The third-order valence-electron chi connectivity index (χ3n) is 3.53. The molecule has 0 spiro atoms. The summed E-state index contributed by atoms with van der Waals surface area (Å²) in [4.78, 5) is 25.6. The smallest absolute Gasteiger partial charge is 0.266 e. The summed E-state index contributed by atoms with van der Waals surface area (Å²) in [6.07, 6.45) is 3.68. The van der Waals surface area contributed by atoms with Crippen LogP contribution in [0.3, 0.4) is 0 Å². The van der Waals surface area contributed by atoms with Crippen LogP contribution in [0.1, 0.15) is 26.3 Å². The monoisotopic (exact) mass is 360 g/mol. The van der Waals surface area contributed by atoms with Gasteiger partial charge in [0, 0.05) is 0 Å². The summed E-state index contributed by atoms with van der Waals surface area (Å²) in [5.74, 6) is -1.97. The Balaban J connectivity index is 2.28. The summed E-state index contributed by atoms with van der Waals surface area (Å²) < 4.78 is 0.252. The lowest BCUT2D eigenvalue weighted by Crippen LogP contribution is -2.52. The Morgan fingerprint density at radius 2 is 1.92 bits per heavy atom. The van der Waals surface area contributed by atoms with E-state index in [2.05, 4.69) is 0 Å². The summed E-state index contributed by atoms with van der Waals surface area (Å²) in [5.41, 5.74) is 1.91. The Morgan fingerprint density at radius 3 is 2.46 bits per heavy atom. The number of carboxylic acid groups (broad SMARTS) is 1. The molecule has 1 aliphatic heterocycles. The molecular formula is C18H18NO3S2-. The van der Waals surface area contributed by atoms with Crippen LogP contribution in [0.15, 0.2) is 46.9 Å². The lowest BCUT2D eigenvalue weighted by Gasteiger charge is -2.30. The molecule has 126 valence electrons. The SMILES string of the molecule is CC(=Cc1ccccc1)C=C1SC(=S)N([C@@H](C(=O)[O-])C(C)C)C1=O. The maximum absolute atomic E-state index is 12.6. The Hall–Kier alpha value is -1.92. The Bertz CT molecular complexity index is 723. The van der Waals surface area contributed by atoms with Crippen molar-refractivity contribution in [2.24, 2.45) is 5.92 Å². The summed E-state index contributed by atoms with van der Waals surface area (Å²) in [5, 5.41) is 11.4. The van der Waals surface area contributed by atoms with Crippen molar-refractivity contribution < 1.29 is 14.7 Å². The van der Waals surface area contributed by atoms with Crippen LogP contribution in [0.25, 0.3) is 6.08 Å². The first-order valence-electron chi connectivity index (χ1n) is 7.52. The van der Waals surface area contributed by atoms with Crippen LogP contribution < -0.4 is 5.11 Å². The van der Waals surface area contributed by atoms with Crippen LogP contribution in [-0.4, -0.2) is 27.1 Å². The number of carbonyl (C=O) groups is 2. The quantitative estimate of drug-likeness (QED) is 0.597. The minimum absolute atomic E-state index is 0.252. The van der Waals surface area contributed by atoms with E-state index in [1.54, 1.807) is 19.9 Å². The zero-order valence-electron chi connectivity index (χ0n) is 13.7. The van der Waals surface area contributed by atoms with E-state index in [0.29, 0.717) is 4.91 Å². The Morgan fingerprint density at radius 1 is 1.29 bits per heavy atom. The van der Waals surface area contributed by atoms with Crippen LogP contribution in [0, 0.1) is 5.92 Å². The van der Waals surface area contributed by atoms with Crippen LogP contribution in [0.2, 0.25) is 0 Å².